The molecule has 0 aromatic heterocycles. The first-order valence-corrected chi connectivity index (χ1v) is 8.72. The molecular weight excluding hydrogens is 346 g/mol. The van der Waals surface area contributed by atoms with Crippen molar-refractivity contribution in [2.75, 3.05) is 18.1 Å². The summed E-state index contributed by atoms with van der Waals surface area (Å²) in [4.78, 5) is 36.8. The topological polar surface area (TPSA) is 102 Å². The molecule has 140 valence electrons. The molecule has 2 aromatic carbocycles. The van der Waals surface area contributed by atoms with Gasteiger partial charge in [0.2, 0.25) is 5.91 Å². The monoisotopic (exact) mass is 367 g/mol. The van der Waals surface area contributed by atoms with E-state index in [-0.39, 0.29) is 29.7 Å². The molecule has 3 rings (SSSR count). The van der Waals surface area contributed by atoms with Gasteiger partial charge in [-0.05, 0) is 36.2 Å². The van der Waals surface area contributed by atoms with Gasteiger partial charge in [0.1, 0.15) is 5.75 Å². The van der Waals surface area contributed by atoms with Crippen molar-refractivity contribution in [1.82, 2.24) is 5.32 Å². The molecule has 2 aromatic rings. The quantitative estimate of drug-likeness (QED) is 0.776. The predicted octanol–water partition coefficient (Wildman–Crippen LogP) is 1.61. The molecule has 1 fully saturated rings. The number of benzene rings is 2. The number of para-hydroxylation sites is 1. The minimum absolute atomic E-state index is 0.143. The summed E-state index contributed by atoms with van der Waals surface area (Å²) in [6.45, 7) is 0.873. The Morgan fingerprint density at radius 1 is 1.11 bits per heavy atom. The SMILES string of the molecule is NC(=O)c1ccccc1OCC(=O)NCc1ccc(N2CCCC2=O)cc1. The minimum atomic E-state index is -0.609. The average Bonchev–Trinajstić information content (AvgIpc) is 3.11. The summed E-state index contributed by atoms with van der Waals surface area (Å²) in [5.74, 6) is -0.500. The number of primary amides is 1. The van der Waals surface area contributed by atoms with Crippen LogP contribution in [0.3, 0.4) is 0 Å². The van der Waals surface area contributed by atoms with Crippen LogP contribution < -0.4 is 20.7 Å². The van der Waals surface area contributed by atoms with E-state index < -0.39 is 5.91 Å². The fraction of sp³-hybridized carbons (Fsp3) is 0.250. The molecule has 1 aliphatic rings. The number of carbonyl (C=O) groups is 3. The van der Waals surface area contributed by atoms with Crippen LogP contribution in [0.1, 0.15) is 28.8 Å². The van der Waals surface area contributed by atoms with E-state index in [0.29, 0.717) is 13.0 Å². The molecule has 1 saturated heterocycles. The molecule has 1 heterocycles. The summed E-state index contributed by atoms with van der Waals surface area (Å²) in [5, 5.41) is 2.76. The molecule has 0 radical (unpaired) electrons. The highest BCUT2D eigenvalue weighted by atomic mass is 16.5. The van der Waals surface area contributed by atoms with Gasteiger partial charge < -0.3 is 20.7 Å². The van der Waals surface area contributed by atoms with E-state index in [2.05, 4.69) is 5.32 Å². The highest BCUT2D eigenvalue weighted by Gasteiger charge is 2.21. The van der Waals surface area contributed by atoms with Crippen LogP contribution in [0.5, 0.6) is 5.75 Å². The molecule has 0 spiro atoms. The van der Waals surface area contributed by atoms with Gasteiger partial charge in [-0.1, -0.05) is 24.3 Å². The zero-order valence-electron chi connectivity index (χ0n) is 14.8. The van der Waals surface area contributed by atoms with E-state index in [1.807, 2.05) is 24.3 Å². The Bertz CT molecular complexity index is 849. The van der Waals surface area contributed by atoms with Crippen molar-refractivity contribution in [1.29, 1.82) is 0 Å². The summed E-state index contributed by atoms with van der Waals surface area (Å²) < 4.78 is 5.39. The van der Waals surface area contributed by atoms with Crippen LogP contribution in [0, 0.1) is 0 Å². The second kappa shape index (κ2) is 8.35. The molecule has 3 N–H and O–H groups in total. The lowest BCUT2D eigenvalue weighted by atomic mass is 10.2. The zero-order valence-corrected chi connectivity index (χ0v) is 14.8. The molecular formula is C20H21N3O4. The van der Waals surface area contributed by atoms with Crippen LogP contribution in [0.15, 0.2) is 48.5 Å². The van der Waals surface area contributed by atoms with Gasteiger partial charge in [0.05, 0.1) is 5.56 Å². The van der Waals surface area contributed by atoms with Crippen molar-refractivity contribution in [2.45, 2.75) is 19.4 Å². The van der Waals surface area contributed by atoms with Crippen LogP contribution in [0.4, 0.5) is 5.69 Å². The summed E-state index contributed by atoms with van der Waals surface area (Å²) in [6, 6.07) is 14.0. The molecule has 0 aliphatic carbocycles. The second-order valence-corrected chi connectivity index (χ2v) is 6.24. The molecule has 27 heavy (non-hydrogen) atoms. The Morgan fingerprint density at radius 3 is 2.52 bits per heavy atom. The second-order valence-electron chi connectivity index (χ2n) is 6.24. The van der Waals surface area contributed by atoms with Crippen molar-refractivity contribution in [3.05, 3.63) is 59.7 Å². The fourth-order valence-electron chi connectivity index (χ4n) is 2.91. The number of nitrogens with zero attached hydrogens (tertiary/aromatic N) is 1. The summed E-state index contributed by atoms with van der Waals surface area (Å²) in [5.41, 5.74) is 7.30. The van der Waals surface area contributed by atoms with E-state index in [1.54, 1.807) is 29.2 Å². The molecule has 7 heteroatoms. The Balaban J connectivity index is 1.49. The van der Waals surface area contributed by atoms with Crippen molar-refractivity contribution in [3.63, 3.8) is 0 Å². The van der Waals surface area contributed by atoms with Crippen LogP contribution in [-0.2, 0) is 16.1 Å². The van der Waals surface area contributed by atoms with Gasteiger partial charge in [-0.2, -0.15) is 0 Å². The molecule has 0 bridgehead atoms. The maximum atomic E-state index is 12.0. The average molecular weight is 367 g/mol. The number of nitrogens with two attached hydrogens (primary N) is 1. The third-order valence-corrected chi connectivity index (χ3v) is 4.32. The van der Waals surface area contributed by atoms with Crippen LogP contribution >= 0.6 is 0 Å². The predicted molar refractivity (Wildman–Crippen MR) is 100 cm³/mol. The van der Waals surface area contributed by atoms with E-state index in [0.717, 1.165) is 24.2 Å². The Kier molecular flexibility index (Phi) is 5.71. The number of ether oxygens (including phenoxy) is 1. The Hall–Kier alpha value is -3.35. The standard InChI is InChI=1S/C20H21N3O4/c21-20(26)16-4-1-2-5-17(16)27-13-18(24)22-12-14-7-9-15(10-8-14)23-11-3-6-19(23)25/h1-2,4-5,7-10H,3,6,11-13H2,(H2,21,26)(H,22,24). The first kappa shape index (κ1) is 18.4. The van der Waals surface area contributed by atoms with E-state index >= 15 is 0 Å². The number of rotatable bonds is 7. The van der Waals surface area contributed by atoms with Gasteiger partial charge in [-0.3, -0.25) is 14.4 Å². The molecule has 0 atom stereocenters. The molecule has 1 aliphatic heterocycles. The van der Waals surface area contributed by atoms with Gasteiger partial charge in [0, 0.05) is 25.2 Å². The highest BCUT2D eigenvalue weighted by Crippen LogP contribution is 2.21. The highest BCUT2D eigenvalue weighted by molar-refractivity contribution is 5.96. The van der Waals surface area contributed by atoms with Crippen LogP contribution in [0.25, 0.3) is 0 Å². The molecule has 0 unspecified atom stereocenters. The lowest BCUT2D eigenvalue weighted by molar-refractivity contribution is -0.123. The maximum Gasteiger partial charge on any atom is 0.258 e. The summed E-state index contributed by atoms with van der Waals surface area (Å²) in [7, 11) is 0. The van der Waals surface area contributed by atoms with Gasteiger partial charge >= 0.3 is 0 Å². The fourth-order valence-corrected chi connectivity index (χ4v) is 2.91. The number of nitrogens with one attached hydrogen (secondary N) is 1. The van der Waals surface area contributed by atoms with Gasteiger partial charge in [-0.15, -0.1) is 0 Å². The number of amides is 3. The number of hydrogen-bond acceptors (Lipinski definition) is 4. The smallest absolute Gasteiger partial charge is 0.258 e. The molecule has 0 saturated carbocycles. The Morgan fingerprint density at radius 2 is 1.85 bits per heavy atom. The van der Waals surface area contributed by atoms with Crippen molar-refractivity contribution >= 4 is 23.4 Å². The first-order chi connectivity index (χ1) is 13.0. The molecule has 3 amide bonds. The third kappa shape index (κ3) is 4.63. The number of carbonyl (C=O) groups excluding carboxylic acids is 3. The van der Waals surface area contributed by atoms with E-state index in [4.69, 9.17) is 10.5 Å². The Labute approximate surface area is 157 Å². The van der Waals surface area contributed by atoms with Gasteiger partial charge in [0.25, 0.3) is 11.8 Å². The maximum absolute atomic E-state index is 12.0. The zero-order chi connectivity index (χ0) is 19.2. The summed E-state index contributed by atoms with van der Waals surface area (Å²) >= 11 is 0. The van der Waals surface area contributed by atoms with Crippen molar-refractivity contribution in [3.8, 4) is 5.75 Å². The first-order valence-electron chi connectivity index (χ1n) is 8.72. The van der Waals surface area contributed by atoms with Crippen molar-refractivity contribution < 1.29 is 19.1 Å². The third-order valence-electron chi connectivity index (χ3n) is 4.32. The number of anilines is 1. The normalized spacial score (nSPS) is 13.5. The summed E-state index contributed by atoms with van der Waals surface area (Å²) in [6.07, 6.45) is 1.48. The van der Waals surface area contributed by atoms with Gasteiger partial charge in [-0.25, -0.2) is 0 Å². The van der Waals surface area contributed by atoms with Crippen LogP contribution in [-0.4, -0.2) is 30.9 Å². The van der Waals surface area contributed by atoms with Crippen LogP contribution in [0.2, 0.25) is 0 Å². The lowest BCUT2D eigenvalue weighted by Gasteiger charge is -2.16. The largest absolute Gasteiger partial charge is 0.483 e. The van der Waals surface area contributed by atoms with E-state index in [1.165, 1.54) is 0 Å². The lowest BCUT2D eigenvalue weighted by Crippen LogP contribution is -2.29. The number of hydrogen-bond donors (Lipinski definition) is 2. The van der Waals surface area contributed by atoms with Crippen molar-refractivity contribution in [2.24, 2.45) is 5.73 Å². The molecule has 7 nitrogen and oxygen atoms in total. The van der Waals surface area contributed by atoms with E-state index in [9.17, 15) is 14.4 Å². The minimum Gasteiger partial charge on any atom is -0.483 e. The van der Waals surface area contributed by atoms with Gasteiger partial charge in [0.15, 0.2) is 6.61 Å².